The average molecular weight is 1160 g/mol. The first-order valence-electron chi connectivity index (χ1n) is 29.8. The summed E-state index contributed by atoms with van der Waals surface area (Å²) >= 11 is 0. The van der Waals surface area contributed by atoms with Crippen LogP contribution in [0.2, 0.25) is 0 Å². The van der Waals surface area contributed by atoms with Crippen molar-refractivity contribution in [1.29, 1.82) is 0 Å². The Balaban J connectivity index is 0.556. The molecule has 0 spiro atoms. The van der Waals surface area contributed by atoms with Crippen molar-refractivity contribution in [2.24, 2.45) is 17.3 Å². The third-order valence-electron chi connectivity index (χ3n) is 17.8. The van der Waals surface area contributed by atoms with E-state index in [-0.39, 0.29) is 56.0 Å². The highest BCUT2D eigenvalue weighted by molar-refractivity contribution is 6.04. The molecule has 5 N–H and O–H groups in total. The third kappa shape index (κ3) is 13.5. The maximum absolute atomic E-state index is 15.9. The number of alkyl halides is 2. The lowest BCUT2D eigenvalue weighted by Crippen LogP contribution is -2.42. The number of carbonyl (C=O) groups excluding carboxylic acids is 6. The second-order valence-corrected chi connectivity index (χ2v) is 23.6. The number of amides is 5. The zero-order chi connectivity index (χ0) is 59.1. The molecule has 6 aromatic rings. The molecule has 2 saturated heterocycles. The van der Waals surface area contributed by atoms with E-state index in [2.05, 4.69) is 56.4 Å². The Bertz CT molecular complexity index is 3370. The number of methoxy groups -OCH3 is 1. The lowest BCUT2D eigenvalue weighted by Gasteiger charge is -2.32. The van der Waals surface area contributed by atoms with Gasteiger partial charge in [-0.25, -0.2) is 13.2 Å². The van der Waals surface area contributed by atoms with Crippen molar-refractivity contribution < 1.29 is 46.7 Å². The number of fused-ring (bicyclic) bond motifs is 4. The SMILES string of the molecule is COC(=O)CNC(=O)CNC(=O)Cn1nc(C)c2c(-c3cc4c(cnn4CC4CCN(CC(=O)NCCCCCCCCCCCC(=O)N5CCC(n6cc(NC(=O)c7n[nH]c8c7C[C@H]7C(F)(F)[C@@]7(C)C8)cn6)CC5)CC4)cc3F)cccc21. The maximum atomic E-state index is 15.9. The molecule has 24 heteroatoms. The number of nitrogens with zero attached hydrogens (tertiary/aromatic N) is 9. The van der Waals surface area contributed by atoms with Crippen molar-refractivity contribution in [2.45, 2.75) is 142 Å². The number of H-pyrrole nitrogens is 1. The largest absolute Gasteiger partial charge is 0.468 e. The topological polar surface area (TPSA) is 248 Å². The van der Waals surface area contributed by atoms with E-state index >= 15 is 4.39 Å². The molecule has 4 aliphatic rings. The van der Waals surface area contributed by atoms with Gasteiger partial charge in [-0.3, -0.25) is 52.8 Å². The van der Waals surface area contributed by atoms with Crippen molar-refractivity contribution in [3.8, 4) is 11.1 Å². The van der Waals surface area contributed by atoms with E-state index in [4.69, 9.17) is 0 Å². The van der Waals surface area contributed by atoms with Gasteiger partial charge in [0.2, 0.25) is 23.6 Å². The Morgan fingerprint density at radius 3 is 2.25 bits per heavy atom. The van der Waals surface area contributed by atoms with Crippen LogP contribution < -0.4 is 21.3 Å². The summed E-state index contributed by atoms with van der Waals surface area (Å²) in [5.41, 5.74) is 3.86. The number of aromatic nitrogens is 8. The van der Waals surface area contributed by atoms with Gasteiger partial charge in [-0.2, -0.15) is 20.4 Å². The summed E-state index contributed by atoms with van der Waals surface area (Å²) in [6.45, 7) is 7.19. The van der Waals surface area contributed by atoms with Gasteiger partial charge in [0, 0.05) is 84.1 Å². The van der Waals surface area contributed by atoms with Crippen LogP contribution in [0.5, 0.6) is 0 Å². The van der Waals surface area contributed by atoms with Crippen molar-refractivity contribution in [3.05, 3.63) is 77.4 Å². The molecule has 3 fully saturated rings. The lowest BCUT2D eigenvalue weighted by molar-refractivity contribution is -0.141. The van der Waals surface area contributed by atoms with Gasteiger partial charge in [-0.15, -0.1) is 0 Å². The number of aromatic amines is 1. The Labute approximate surface area is 485 Å². The Hall–Kier alpha value is -7.63. The number of hydrogen-bond donors (Lipinski definition) is 5. The molecule has 2 atom stereocenters. The van der Waals surface area contributed by atoms with Crippen LogP contribution in [0, 0.1) is 30.0 Å². The Morgan fingerprint density at radius 2 is 1.50 bits per heavy atom. The molecule has 5 amide bonds. The van der Waals surface area contributed by atoms with E-state index in [1.807, 2.05) is 32.5 Å². The fourth-order valence-electron chi connectivity index (χ4n) is 12.7. The summed E-state index contributed by atoms with van der Waals surface area (Å²) in [7, 11) is 1.21. The molecule has 450 valence electrons. The van der Waals surface area contributed by atoms with Gasteiger partial charge in [0.1, 0.15) is 18.9 Å². The molecule has 1 saturated carbocycles. The molecule has 2 aliphatic carbocycles. The number of carbonyl (C=O) groups is 6. The average Bonchev–Trinajstić information content (AvgIpc) is 1.55. The van der Waals surface area contributed by atoms with Gasteiger partial charge >= 0.3 is 5.97 Å². The van der Waals surface area contributed by atoms with Crippen LogP contribution in [0.3, 0.4) is 0 Å². The minimum atomic E-state index is -2.73. The van der Waals surface area contributed by atoms with Crippen LogP contribution in [0.1, 0.15) is 130 Å². The summed E-state index contributed by atoms with van der Waals surface area (Å²) in [6.07, 6.45) is 18.9. The molecule has 4 aromatic heterocycles. The monoisotopic (exact) mass is 1160 g/mol. The van der Waals surface area contributed by atoms with Gasteiger partial charge in [0.05, 0.1) is 61.0 Å². The molecule has 0 unspecified atom stereocenters. The van der Waals surface area contributed by atoms with Gasteiger partial charge < -0.3 is 30.9 Å². The highest BCUT2D eigenvalue weighted by atomic mass is 19.3. The van der Waals surface area contributed by atoms with Gasteiger partial charge in [0.25, 0.3) is 11.8 Å². The molecule has 84 heavy (non-hydrogen) atoms. The number of unbranched alkanes of at least 4 members (excludes halogenated alkanes) is 8. The summed E-state index contributed by atoms with van der Waals surface area (Å²) in [5.74, 6) is -5.39. The number of benzene rings is 2. The number of hydrogen-bond acceptors (Lipinski definition) is 12. The van der Waals surface area contributed by atoms with E-state index < -0.39 is 46.8 Å². The molecular weight excluding hydrogens is 1090 g/mol. The molecule has 2 aliphatic heterocycles. The van der Waals surface area contributed by atoms with E-state index in [0.29, 0.717) is 95.1 Å². The number of halogens is 3. The second-order valence-electron chi connectivity index (χ2n) is 23.6. The Morgan fingerprint density at radius 1 is 0.786 bits per heavy atom. The van der Waals surface area contributed by atoms with E-state index in [9.17, 15) is 37.5 Å². The fourth-order valence-corrected chi connectivity index (χ4v) is 12.7. The van der Waals surface area contributed by atoms with Crippen molar-refractivity contribution in [3.63, 3.8) is 0 Å². The van der Waals surface area contributed by atoms with Gasteiger partial charge in [0.15, 0.2) is 5.69 Å². The first kappa shape index (κ1) is 59.5. The number of piperidine rings is 2. The maximum Gasteiger partial charge on any atom is 0.325 e. The number of likely N-dealkylation sites (tertiary alicyclic amines) is 2. The van der Waals surface area contributed by atoms with Gasteiger partial charge in [-0.05, 0) is 94.6 Å². The van der Waals surface area contributed by atoms with E-state index in [1.165, 1.54) is 17.9 Å². The van der Waals surface area contributed by atoms with Crippen LogP contribution >= 0.6 is 0 Å². The van der Waals surface area contributed by atoms with Crippen LogP contribution in [-0.2, 0) is 54.6 Å². The number of anilines is 1. The molecule has 2 aromatic carbocycles. The number of ether oxygens (including phenoxy) is 1. The molecule has 0 bridgehead atoms. The lowest BCUT2D eigenvalue weighted by atomic mass is 9.87. The van der Waals surface area contributed by atoms with Gasteiger partial charge in [-0.1, -0.05) is 64.0 Å². The summed E-state index contributed by atoms with van der Waals surface area (Å²) in [4.78, 5) is 79.4. The minimum absolute atomic E-state index is 0.0474. The van der Waals surface area contributed by atoms with Crippen LogP contribution in [0.15, 0.2) is 48.9 Å². The number of nitrogens with one attached hydrogen (secondary N) is 5. The van der Waals surface area contributed by atoms with Crippen molar-refractivity contribution in [2.75, 3.05) is 64.8 Å². The number of esters is 1. The molecule has 10 rings (SSSR count). The van der Waals surface area contributed by atoms with E-state index in [0.717, 1.165) is 102 Å². The van der Waals surface area contributed by atoms with Crippen molar-refractivity contribution >= 4 is 63.0 Å². The highest BCUT2D eigenvalue weighted by Gasteiger charge is 2.78. The minimum Gasteiger partial charge on any atom is -0.468 e. The highest BCUT2D eigenvalue weighted by Crippen LogP contribution is 2.70. The second kappa shape index (κ2) is 26.1. The third-order valence-corrected chi connectivity index (χ3v) is 17.8. The summed E-state index contributed by atoms with van der Waals surface area (Å²) in [6, 6.07) is 8.87. The summed E-state index contributed by atoms with van der Waals surface area (Å²) in [5, 5.41) is 33.0. The van der Waals surface area contributed by atoms with Crippen molar-refractivity contribution in [1.82, 2.24) is 65.3 Å². The van der Waals surface area contributed by atoms with E-state index in [1.54, 1.807) is 38.5 Å². The standard InChI is InChI=1S/C60H77F3N14O7/c1-38-56-43(14-13-15-48(56)77(72-38)37-53(80)65-32-51(78)66-33-55(82)84-3)44-27-49-40(26-46(44)61)30-67-76(49)34-39-17-22-73(23-18-39)36-52(79)64-21-12-10-8-6-4-5-7-9-11-16-54(81)74-24-19-42(20-25-74)75-35-41(31-68-75)69-58(83)57-45-28-50-59(2,60(50,62)63)29-47(45)70-71-57/h13-15,26-27,30-31,35,39,42,50H,4-12,16-25,28-29,32-34,36-37H2,1-3H3,(H,64,79)(H,65,80)(H,66,78)(H,69,83)(H,70,71)/t50-,59+/m1/s1. The predicted octanol–water partition coefficient (Wildman–Crippen LogP) is 7.04. The fraction of sp³-hybridized carbons (Fsp3) is 0.567. The quantitative estimate of drug-likeness (QED) is 0.0271. The normalized spacial score (nSPS) is 18.8. The number of rotatable bonds is 26. The first-order valence-corrected chi connectivity index (χ1v) is 29.8. The first-order chi connectivity index (χ1) is 40.5. The molecular formula is C60H77F3N14O7. The number of aryl methyl sites for hydroxylation is 1. The predicted molar refractivity (Wildman–Crippen MR) is 307 cm³/mol. The van der Waals surface area contributed by atoms with Crippen LogP contribution in [-0.4, -0.2) is 150 Å². The van der Waals surface area contributed by atoms with Crippen LogP contribution in [0.25, 0.3) is 32.9 Å². The molecule has 6 heterocycles. The summed E-state index contributed by atoms with van der Waals surface area (Å²) < 4.78 is 54.5. The zero-order valence-corrected chi connectivity index (χ0v) is 48.3. The smallest absolute Gasteiger partial charge is 0.325 e. The molecule has 21 nitrogen and oxygen atoms in total. The Kier molecular flexibility index (Phi) is 18.5. The molecule has 0 radical (unpaired) electrons. The van der Waals surface area contributed by atoms with Crippen LogP contribution in [0.4, 0.5) is 18.9 Å². The zero-order valence-electron chi connectivity index (χ0n) is 48.3.